The van der Waals surface area contributed by atoms with Gasteiger partial charge in [-0.2, -0.15) is 5.10 Å². The Morgan fingerprint density at radius 3 is 2.95 bits per heavy atom. The van der Waals surface area contributed by atoms with Gasteiger partial charge in [-0.3, -0.25) is 5.10 Å². The molecule has 2 N–H and O–H groups in total. The molecule has 1 aromatic carbocycles. The first-order valence-corrected chi connectivity index (χ1v) is 7.40. The Bertz CT molecular complexity index is 615. The number of fused-ring (bicyclic) bond motifs is 2. The van der Waals surface area contributed by atoms with Crippen LogP contribution >= 0.6 is 0 Å². The normalized spacial score (nSPS) is 27.1. The molecule has 0 amide bonds. The maximum atomic E-state index is 4.01. The summed E-state index contributed by atoms with van der Waals surface area (Å²) in [6, 6.07) is 10.5. The van der Waals surface area contributed by atoms with Gasteiger partial charge in [0.1, 0.15) is 0 Å². The van der Waals surface area contributed by atoms with Crippen LogP contribution in [-0.2, 0) is 0 Å². The molecule has 3 unspecified atom stereocenters. The SMILES string of the molecule is C1=CC2CC1CC2CNc1cccc(-c2ccn[nH]2)c1. The number of allylic oxidation sites excluding steroid dienone is 2. The Morgan fingerprint density at radius 2 is 2.20 bits per heavy atom. The Hall–Kier alpha value is -2.03. The van der Waals surface area contributed by atoms with Gasteiger partial charge in [0, 0.05) is 24.0 Å². The number of aromatic amines is 1. The van der Waals surface area contributed by atoms with Crippen LogP contribution in [0.4, 0.5) is 5.69 Å². The third kappa shape index (κ3) is 2.13. The molecule has 2 aliphatic rings. The second kappa shape index (κ2) is 4.82. The van der Waals surface area contributed by atoms with E-state index in [9.17, 15) is 0 Å². The lowest BCUT2D eigenvalue weighted by Crippen LogP contribution is -2.18. The zero-order valence-electron chi connectivity index (χ0n) is 11.4. The summed E-state index contributed by atoms with van der Waals surface area (Å²) in [4.78, 5) is 0. The van der Waals surface area contributed by atoms with Crippen molar-refractivity contribution in [2.75, 3.05) is 11.9 Å². The molecule has 3 atom stereocenters. The zero-order chi connectivity index (χ0) is 13.4. The first-order valence-electron chi connectivity index (χ1n) is 7.40. The van der Waals surface area contributed by atoms with Gasteiger partial charge >= 0.3 is 0 Å². The van der Waals surface area contributed by atoms with E-state index in [1.54, 1.807) is 6.20 Å². The van der Waals surface area contributed by atoms with E-state index < -0.39 is 0 Å². The number of hydrogen-bond donors (Lipinski definition) is 2. The van der Waals surface area contributed by atoms with Crippen LogP contribution in [0, 0.1) is 17.8 Å². The van der Waals surface area contributed by atoms with Crippen molar-refractivity contribution in [2.45, 2.75) is 12.8 Å². The third-order valence-corrected chi connectivity index (χ3v) is 4.66. The van der Waals surface area contributed by atoms with E-state index in [4.69, 9.17) is 0 Å². The minimum Gasteiger partial charge on any atom is -0.385 e. The second-order valence-electron chi connectivity index (χ2n) is 5.97. The van der Waals surface area contributed by atoms with E-state index in [0.29, 0.717) is 0 Å². The maximum Gasteiger partial charge on any atom is 0.0650 e. The number of H-pyrrole nitrogens is 1. The Morgan fingerprint density at radius 1 is 1.20 bits per heavy atom. The molecule has 20 heavy (non-hydrogen) atoms. The van der Waals surface area contributed by atoms with E-state index in [2.05, 4.69) is 51.9 Å². The van der Waals surface area contributed by atoms with Crippen molar-refractivity contribution in [2.24, 2.45) is 17.8 Å². The summed E-state index contributed by atoms with van der Waals surface area (Å²) < 4.78 is 0. The highest BCUT2D eigenvalue weighted by Gasteiger charge is 2.35. The van der Waals surface area contributed by atoms with Gasteiger partial charge in [0.2, 0.25) is 0 Å². The highest BCUT2D eigenvalue weighted by atomic mass is 15.1. The average molecular weight is 265 g/mol. The smallest absolute Gasteiger partial charge is 0.0650 e. The molecular formula is C17H19N3. The first-order chi connectivity index (χ1) is 9.88. The molecule has 3 heteroatoms. The van der Waals surface area contributed by atoms with Gasteiger partial charge < -0.3 is 5.32 Å². The van der Waals surface area contributed by atoms with Gasteiger partial charge in [0.15, 0.2) is 0 Å². The second-order valence-corrected chi connectivity index (χ2v) is 5.97. The van der Waals surface area contributed by atoms with Crippen LogP contribution in [0.2, 0.25) is 0 Å². The van der Waals surface area contributed by atoms with E-state index in [1.165, 1.54) is 24.1 Å². The Kier molecular flexibility index (Phi) is 2.84. The van der Waals surface area contributed by atoms with Crippen molar-refractivity contribution in [1.29, 1.82) is 0 Å². The minimum absolute atomic E-state index is 0.806. The Labute approximate surface area is 119 Å². The van der Waals surface area contributed by atoms with Gasteiger partial charge in [0.25, 0.3) is 0 Å². The molecule has 2 aliphatic carbocycles. The summed E-state index contributed by atoms with van der Waals surface area (Å²) in [5, 5.41) is 10.6. The lowest BCUT2D eigenvalue weighted by atomic mass is 9.93. The molecule has 0 radical (unpaired) electrons. The van der Waals surface area contributed by atoms with Gasteiger partial charge in [0.05, 0.1) is 5.69 Å². The number of nitrogens with zero attached hydrogens (tertiary/aromatic N) is 1. The molecule has 0 saturated heterocycles. The molecule has 4 rings (SSSR count). The lowest BCUT2D eigenvalue weighted by molar-refractivity contribution is 0.472. The van der Waals surface area contributed by atoms with Gasteiger partial charge in [-0.25, -0.2) is 0 Å². The van der Waals surface area contributed by atoms with Crippen LogP contribution in [-0.4, -0.2) is 16.7 Å². The summed E-state index contributed by atoms with van der Waals surface area (Å²) in [6.45, 7) is 1.08. The van der Waals surface area contributed by atoms with Crippen molar-refractivity contribution in [3.8, 4) is 11.3 Å². The predicted molar refractivity (Wildman–Crippen MR) is 81.4 cm³/mol. The van der Waals surface area contributed by atoms with E-state index in [1.807, 2.05) is 6.07 Å². The maximum absolute atomic E-state index is 4.01. The van der Waals surface area contributed by atoms with E-state index in [0.717, 1.165) is 30.0 Å². The van der Waals surface area contributed by atoms with Crippen LogP contribution in [0.15, 0.2) is 48.7 Å². The summed E-state index contributed by atoms with van der Waals surface area (Å²) in [5.41, 5.74) is 3.45. The van der Waals surface area contributed by atoms with Crippen LogP contribution in [0.5, 0.6) is 0 Å². The molecule has 0 spiro atoms. The molecule has 2 bridgehead atoms. The van der Waals surface area contributed by atoms with E-state index in [-0.39, 0.29) is 0 Å². The van der Waals surface area contributed by atoms with Crippen molar-refractivity contribution in [3.63, 3.8) is 0 Å². The molecule has 102 valence electrons. The fraction of sp³-hybridized carbons (Fsp3) is 0.353. The summed E-state index contributed by atoms with van der Waals surface area (Å²) in [5.74, 6) is 2.47. The number of rotatable bonds is 4. The highest BCUT2D eigenvalue weighted by Crippen LogP contribution is 2.43. The average Bonchev–Trinajstić information content (AvgIpc) is 3.22. The molecule has 1 fully saturated rings. The molecule has 1 aromatic heterocycles. The quantitative estimate of drug-likeness (QED) is 0.828. The summed E-state index contributed by atoms with van der Waals surface area (Å²) >= 11 is 0. The standard InChI is InChI=1S/C17H19N3/c1-2-14(17-6-7-19-20-17)10-16(3-1)18-11-15-9-12-4-5-13(15)8-12/h1-7,10,12-13,15,18H,8-9,11H2,(H,19,20). The fourth-order valence-electron chi connectivity index (χ4n) is 3.59. The van der Waals surface area contributed by atoms with Crippen LogP contribution in [0.1, 0.15) is 12.8 Å². The molecule has 0 aliphatic heterocycles. The first kappa shape index (κ1) is 11.8. The minimum atomic E-state index is 0.806. The molecule has 1 saturated carbocycles. The largest absolute Gasteiger partial charge is 0.385 e. The van der Waals surface area contributed by atoms with Crippen LogP contribution in [0.25, 0.3) is 11.3 Å². The number of aromatic nitrogens is 2. The molecule has 2 aromatic rings. The lowest BCUT2D eigenvalue weighted by Gasteiger charge is -2.19. The summed E-state index contributed by atoms with van der Waals surface area (Å²) in [6.07, 6.45) is 9.34. The molecular weight excluding hydrogens is 246 g/mol. The number of nitrogens with one attached hydrogen (secondary N) is 2. The number of anilines is 1. The number of benzene rings is 1. The third-order valence-electron chi connectivity index (χ3n) is 4.66. The highest BCUT2D eigenvalue weighted by molar-refractivity contribution is 5.64. The monoisotopic (exact) mass is 265 g/mol. The zero-order valence-corrected chi connectivity index (χ0v) is 11.4. The summed E-state index contributed by atoms with van der Waals surface area (Å²) in [7, 11) is 0. The van der Waals surface area contributed by atoms with Gasteiger partial charge in [-0.1, -0.05) is 24.3 Å². The van der Waals surface area contributed by atoms with Gasteiger partial charge in [-0.05, 0) is 48.8 Å². The number of hydrogen-bond acceptors (Lipinski definition) is 2. The van der Waals surface area contributed by atoms with Gasteiger partial charge in [-0.15, -0.1) is 0 Å². The van der Waals surface area contributed by atoms with Crippen LogP contribution < -0.4 is 5.32 Å². The Balaban J connectivity index is 1.44. The predicted octanol–water partition coefficient (Wildman–Crippen LogP) is 3.70. The van der Waals surface area contributed by atoms with Crippen molar-refractivity contribution < 1.29 is 0 Å². The van der Waals surface area contributed by atoms with Crippen molar-refractivity contribution >= 4 is 5.69 Å². The molecule has 1 heterocycles. The fourth-order valence-corrected chi connectivity index (χ4v) is 3.59. The van der Waals surface area contributed by atoms with Crippen molar-refractivity contribution in [3.05, 3.63) is 48.7 Å². The topological polar surface area (TPSA) is 40.7 Å². The van der Waals surface area contributed by atoms with Crippen LogP contribution in [0.3, 0.4) is 0 Å². The molecule has 3 nitrogen and oxygen atoms in total. The van der Waals surface area contributed by atoms with E-state index >= 15 is 0 Å². The van der Waals surface area contributed by atoms with Crippen molar-refractivity contribution in [1.82, 2.24) is 10.2 Å².